The lowest BCUT2D eigenvalue weighted by Gasteiger charge is -2.28. The molecule has 1 aromatic rings. The number of hydrogen-bond donors (Lipinski definition) is 3. The fraction of sp³-hybridized carbons (Fsp3) is 0.632. The van der Waals surface area contributed by atoms with Crippen molar-refractivity contribution in [3.8, 4) is 0 Å². The zero-order valence-electron chi connectivity index (χ0n) is 17.3. The Kier molecular flexibility index (Phi) is 7.83. The van der Waals surface area contributed by atoms with Crippen molar-refractivity contribution in [1.82, 2.24) is 9.44 Å². The number of benzene rings is 1. The molecule has 0 unspecified atom stereocenters. The van der Waals surface area contributed by atoms with E-state index in [2.05, 4.69) is 14.8 Å². The number of amides is 1. The van der Waals surface area contributed by atoms with Gasteiger partial charge in [-0.25, -0.2) is 26.3 Å². The number of rotatable bonds is 8. The molecule has 164 valence electrons. The maximum atomic E-state index is 12.5. The monoisotopic (exact) mass is 445 g/mol. The fourth-order valence-corrected chi connectivity index (χ4v) is 5.41. The number of hydrogen-bond acceptors (Lipinski definition) is 5. The number of anilines is 1. The first-order chi connectivity index (χ1) is 13.4. The highest BCUT2D eigenvalue weighted by Crippen LogP contribution is 2.26. The van der Waals surface area contributed by atoms with Gasteiger partial charge in [0.15, 0.2) is 0 Å². The Morgan fingerprint density at radius 2 is 1.48 bits per heavy atom. The standard InChI is InChI=1S/C19H31N3O5S2/c1-13(2)21-29(26,27)18-11-9-16(10-12-18)20-19(23)15-5-7-17(8-6-15)22-28(24,25)14(3)4/h9-15,17,21-22H,5-8H2,1-4H3,(H,20,23). The summed E-state index contributed by atoms with van der Waals surface area (Å²) in [5.74, 6) is -0.327. The van der Waals surface area contributed by atoms with E-state index in [0.29, 0.717) is 31.4 Å². The molecule has 1 fully saturated rings. The van der Waals surface area contributed by atoms with Crippen LogP contribution in [0, 0.1) is 5.92 Å². The van der Waals surface area contributed by atoms with Crippen LogP contribution in [0.5, 0.6) is 0 Å². The van der Waals surface area contributed by atoms with Gasteiger partial charge in [-0.2, -0.15) is 0 Å². The van der Waals surface area contributed by atoms with Crippen molar-refractivity contribution in [1.29, 1.82) is 0 Å². The second-order valence-electron chi connectivity index (χ2n) is 8.05. The summed E-state index contributed by atoms with van der Waals surface area (Å²) in [6, 6.07) is 5.70. The van der Waals surface area contributed by atoms with E-state index in [1.165, 1.54) is 12.1 Å². The van der Waals surface area contributed by atoms with Crippen LogP contribution in [-0.2, 0) is 24.8 Å². The molecule has 0 bridgehead atoms. The van der Waals surface area contributed by atoms with Crippen LogP contribution in [-0.4, -0.2) is 40.1 Å². The molecule has 0 radical (unpaired) electrons. The molecule has 10 heteroatoms. The molecule has 0 atom stereocenters. The van der Waals surface area contributed by atoms with Crippen molar-refractivity contribution in [2.75, 3.05) is 5.32 Å². The molecule has 1 saturated carbocycles. The molecule has 0 spiro atoms. The lowest BCUT2D eigenvalue weighted by molar-refractivity contribution is -0.120. The first-order valence-electron chi connectivity index (χ1n) is 9.85. The molecule has 1 aromatic carbocycles. The Labute approximate surface area is 174 Å². The molecular weight excluding hydrogens is 414 g/mol. The summed E-state index contributed by atoms with van der Waals surface area (Å²) >= 11 is 0. The summed E-state index contributed by atoms with van der Waals surface area (Å²) in [7, 11) is -6.88. The highest BCUT2D eigenvalue weighted by molar-refractivity contribution is 7.90. The summed E-state index contributed by atoms with van der Waals surface area (Å²) in [4.78, 5) is 12.7. The van der Waals surface area contributed by atoms with Gasteiger partial charge in [0.1, 0.15) is 0 Å². The largest absolute Gasteiger partial charge is 0.326 e. The molecule has 0 aromatic heterocycles. The first kappa shape index (κ1) is 23.8. The van der Waals surface area contributed by atoms with Crippen molar-refractivity contribution in [3.05, 3.63) is 24.3 Å². The fourth-order valence-electron chi connectivity index (χ4n) is 3.18. The normalized spacial score (nSPS) is 20.8. The van der Waals surface area contributed by atoms with E-state index in [-0.39, 0.29) is 28.8 Å². The third-order valence-electron chi connectivity index (χ3n) is 4.87. The van der Waals surface area contributed by atoms with Gasteiger partial charge in [0.2, 0.25) is 26.0 Å². The Balaban J connectivity index is 1.90. The van der Waals surface area contributed by atoms with Crippen molar-refractivity contribution in [3.63, 3.8) is 0 Å². The molecule has 3 N–H and O–H groups in total. The van der Waals surface area contributed by atoms with Gasteiger partial charge < -0.3 is 5.32 Å². The third kappa shape index (κ3) is 6.77. The quantitative estimate of drug-likeness (QED) is 0.566. The molecule has 0 aliphatic heterocycles. The van der Waals surface area contributed by atoms with Crippen LogP contribution in [0.25, 0.3) is 0 Å². The second-order valence-corrected chi connectivity index (χ2v) is 12.0. The van der Waals surface area contributed by atoms with Crippen LogP contribution in [0.15, 0.2) is 29.2 Å². The van der Waals surface area contributed by atoms with E-state index in [4.69, 9.17) is 0 Å². The van der Waals surface area contributed by atoms with E-state index >= 15 is 0 Å². The van der Waals surface area contributed by atoms with Gasteiger partial charge in [-0.15, -0.1) is 0 Å². The van der Waals surface area contributed by atoms with Crippen LogP contribution in [0.3, 0.4) is 0 Å². The van der Waals surface area contributed by atoms with Crippen molar-refractivity contribution < 1.29 is 21.6 Å². The van der Waals surface area contributed by atoms with Crippen LogP contribution in [0.1, 0.15) is 53.4 Å². The minimum Gasteiger partial charge on any atom is -0.326 e. The van der Waals surface area contributed by atoms with E-state index in [9.17, 15) is 21.6 Å². The molecule has 8 nitrogen and oxygen atoms in total. The lowest BCUT2D eigenvalue weighted by atomic mass is 9.86. The zero-order chi connectivity index (χ0) is 21.8. The maximum Gasteiger partial charge on any atom is 0.240 e. The van der Waals surface area contributed by atoms with Gasteiger partial charge in [-0.1, -0.05) is 0 Å². The maximum absolute atomic E-state index is 12.5. The van der Waals surface area contributed by atoms with Crippen LogP contribution in [0.4, 0.5) is 5.69 Å². The third-order valence-corrected chi connectivity index (χ3v) is 8.45. The molecule has 1 aliphatic carbocycles. The molecule has 2 rings (SSSR count). The summed E-state index contributed by atoms with van der Waals surface area (Å²) in [6.07, 6.45) is 2.42. The molecule has 1 aliphatic rings. The SMILES string of the molecule is CC(C)NS(=O)(=O)c1ccc(NC(=O)C2CCC(NS(=O)(=O)C(C)C)CC2)cc1. The Bertz CT molecular complexity index is 902. The summed E-state index contributed by atoms with van der Waals surface area (Å²) in [6.45, 7) is 6.76. The molecule has 0 heterocycles. The van der Waals surface area contributed by atoms with Crippen molar-refractivity contribution in [2.45, 2.75) is 75.6 Å². The molecular formula is C19H31N3O5S2. The van der Waals surface area contributed by atoms with Crippen molar-refractivity contribution in [2.24, 2.45) is 5.92 Å². The van der Waals surface area contributed by atoms with Crippen LogP contribution in [0.2, 0.25) is 0 Å². The van der Waals surface area contributed by atoms with E-state index in [1.807, 2.05) is 0 Å². The van der Waals surface area contributed by atoms with E-state index < -0.39 is 25.3 Å². The van der Waals surface area contributed by atoms with Crippen LogP contribution >= 0.6 is 0 Å². The molecule has 0 saturated heterocycles. The van der Waals surface area contributed by atoms with Gasteiger partial charge in [0, 0.05) is 23.7 Å². The molecule has 29 heavy (non-hydrogen) atoms. The van der Waals surface area contributed by atoms with Gasteiger partial charge in [0.05, 0.1) is 10.1 Å². The number of carbonyl (C=O) groups excluding carboxylic acids is 1. The smallest absolute Gasteiger partial charge is 0.240 e. The highest BCUT2D eigenvalue weighted by Gasteiger charge is 2.29. The zero-order valence-corrected chi connectivity index (χ0v) is 18.9. The average molecular weight is 446 g/mol. The topological polar surface area (TPSA) is 121 Å². The van der Waals surface area contributed by atoms with Crippen molar-refractivity contribution >= 4 is 31.6 Å². The Morgan fingerprint density at radius 3 is 1.97 bits per heavy atom. The Hall–Kier alpha value is -1.49. The van der Waals surface area contributed by atoms with Gasteiger partial charge in [-0.05, 0) is 77.6 Å². The van der Waals surface area contributed by atoms with Crippen LogP contribution < -0.4 is 14.8 Å². The average Bonchev–Trinajstić information content (AvgIpc) is 2.61. The predicted octanol–water partition coefficient (Wildman–Crippen LogP) is 2.20. The Morgan fingerprint density at radius 1 is 0.931 bits per heavy atom. The number of carbonyl (C=O) groups is 1. The minimum absolute atomic E-state index is 0.133. The second kappa shape index (κ2) is 9.55. The number of sulfonamides is 2. The first-order valence-corrected chi connectivity index (χ1v) is 12.9. The minimum atomic E-state index is -3.57. The molecule has 1 amide bonds. The predicted molar refractivity (Wildman–Crippen MR) is 113 cm³/mol. The van der Waals surface area contributed by atoms with Gasteiger partial charge in [0.25, 0.3) is 0 Å². The van der Waals surface area contributed by atoms with E-state index in [0.717, 1.165) is 0 Å². The van der Waals surface area contributed by atoms with E-state index in [1.54, 1.807) is 39.8 Å². The summed E-state index contributed by atoms with van der Waals surface area (Å²) < 4.78 is 53.5. The summed E-state index contributed by atoms with van der Waals surface area (Å²) in [5.41, 5.74) is 0.529. The summed E-state index contributed by atoms with van der Waals surface area (Å²) in [5, 5.41) is 2.34. The lowest BCUT2D eigenvalue weighted by Crippen LogP contribution is -2.42. The van der Waals surface area contributed by atoms with Gasteiger partial charge >= 0.3 is 0 Å². The van der Waals surface area contributed by atoms with Gasteiger partial charge in [-0.3, -0.25) is 4.79 Å². The highest BCUT2D eigenvalue weighted by atomic mass is 32.2. The number of nitrogens with one attached hydrogen (secondary N) is 3.